The number of rotatable bonds is 70. The summed E-state index contributed by atoms with van der Waals surface area (Å²) in [5.41, 5.74) is 0. The molecule has 0 heterocycles. The molecule has 0 aliphatic carbocycles. The molecule has 19 heteroatoms. The van der Waals surface area contributed by atoms with Crippen LogP contribution in [0.5, 0.6) is 0 Å². The number of phosphoric acid groups is 2. The minimum absolute atomic E-state index is 0.105. The highest BCUT2D eigenvalue weighted by Gasteiger charge is 2.30. The Hall–Kier alpha value is -1.94. The van der Waals surface area contributed by atoms with E-state index in [1.807, 2.05) is 0 Å². The zero-order valence-corrected chi connectivity index (χ0v) is 62.0. The van der Waals surface area contributed by atoms with E-state index in [1.54, 1.807) is 0 Å². The minimum Gasteiger partial charge on any atom is -0.462 e. The average Bonchev–Trinajstić information content (AvgIpc) is 2.56. The first-order valence-corrected chi connectivity index (χ1v) is 40.8. The van der Waals surface area contributed by atoms with Gasteiger partial charge in [0.25, 0.3) is 0 Å². The monoisotopic (exact) mass is 1350 g/mol. The number of ether oxygens (including phenoxy) is 4. The van der Waals surface area contributed by atoms with E-state index in [4.69, 9.17) is 37.0 Å². The van der Waals surface area contributed by atoms with E-state index in [9.17, 15) is 43.2 Å². The summed E-state index contributed by atoms with van der Waals surface area (Å²) in [5, 5.41) is 10.6. The van der Waals surface area contributed by atoms with Gasteiger partial charge in [-0.3, -0.25) is 37.3 Å². The molecule has 0 amide bonds. The molecular formula is C73H142O17P2. The van der Waals surface area contributed by atoms with Gasteiger partial charge in [0.15, 0.2) is 12.2 Å². The van der Waals surface area contributed by atoms with Crippen LogP contribution in [-0.2, 0) is 65.4 Å². The van der Waals surface area contributed by atoms with E-state index in [0.717, 1.165) is 114 Å². The molecule has 0 fully saturated rings. The van der Waals surface area contributed by atoms with Crippen LogP contribution in [0.2, 0.25) is 0 Å². The molecular weight excluding hydrogens is 1210 g/mol. The Morgan fingerprint density at radius 1 is 0.304 bits per heavy atom. The molecule has 0 saturated carbocycles. The summed E-state index contributed by atoms with van der Waals surface area (Å²) in [4.78, 5) is 72.7. The molecule has 0 rings (SSSR count). The second-order valence-corrected chi connectivity index (χ2v) is 30.7. The van der Waals surface area contributed by atoms with Gasteiger partial charge in [0, 0.05) is 25.7 Å². The Kier molecular flexibility index (Phi) is 61.3. The maximum atomic E-state index is 13.1. The lowest BCUT2D eigenvalue weighted by atomic mass is 9.99. The molecule has 0 bridgehead atoms. The molecule has 0 aromatic rings. The lowest BCUT2D eigenvalue weighted by Crippen LogP contribution is -2.30. The number of phosphoric ester groups is 2. The maximum absolute atomic E-state index is 13.1. The largest absolute Gasteiger partial charge is 0.472 e. The van der Waals surface area contributed by atoms with Gasteiger partial charge >= 0.3 is 39.5 Å². The fraction of sp³-hybridized carbons (Fsp3) is 0.945. The smallest absolute Gasteiger partial charge is 0.462 e. The van der Waals surface area contributed by atoms with Gasteiger partial charge in [-0.15, -0.1) is 0 Å². The SMILES string of the molecule is CCC(C)CCCCCCCCCCCCC(=O)O[C@H](COC(=O)CCCCCCCCCC(C)C)COP(=O)(O)OCC(O)COP(=O)(O)OC[C@@H](COC(=O)CCCCCCCCCCC(C)CC)OC(=O)CCCCCCCCCCCCCCCC(C)C. The molecule has 7 atom stereocenters. The van der Waals surface area contributed by atoms with Gasteiger partial charge in [0.05, 0.1) is 26.4 Å². The minimum atomic E-state index is -4.96. The molecule has 0 spiro atoms. The van der Waals surface area contributed by atoms with Gasteiger partial charge in [-0.1, -0.05) is 312 Å². The van der Waals surface area contributed by atoms with Crippen LogP contribution in [0.1, 0.15) is 364 Å². The van der Waals surface area contributed by atoms with Gasteiger partial charge in [-0.2, -0.15) is 0 Å². The summed E-state index contributed by atoms with van der Waals surface area (Å²) < 4.78 is 68.4. The second-order valence-electron chi connectivity index (χ2n) is 27.8. The topological polar surface area (TPSA) is 237 Å². The van der Waals surface area contributed by atoms with Crippen molar-refractivity contribution in [3.05, 3.63) is 0 Å². The predicted octanol–water partition coefficient (Wildman–Crippen LogP) is 20.9. The Morgan fingerprint density at radius 3 is 0.772 bits per heavy atom. The van der Waals surface area contributed by atoms with Crippen LogP contribution in [0.3, 0.4) is 0 Å². The molecule has 3 N–H and O–H groups in total. The molecule has 0 saturated heterocycles. The van der Waals surface area contributed by atoms with E-state index in [-0.39, 0.29) is 25.7 Å². The zero-order chi connectivity index (χ0) is 68.2. The van der Waals surface area contributed by atoms with Gasteiger partial charge < -0.3 is 33.8 Å². The van der Waals surface area contributed by atoms with Crippen molar-refractivity contribution in [2.45, 2.75) is 382 Å². The Bertz CT molecular complexity index is 1820. The standard InChI is InChI=1S/C73H142O17P2/c1-9-65(7)51-43-35-27-19-16-17-21-31-40-48-56-73(78)90-69(60-84-71(76)54-46-38-32-24-26-34-42-50-64(5)6)62-88-92(81,82)86-58-67(74)57-85-91(79,80)87-61-68(59-83-70(75)53-45-37-29-23-22-28-36-44-52-66(8)10-2)89-72(77)55-47-39-30-20-15-13-11-12-14-18-25-33-41-49-63(3)4/h63-69,74H,9-62H2,1-8H3,(H,79,80)(H,81,82)/t65?,66?,67?,68-,69-/m1/s1. The lowest BCUT2D eigenvalue weighted by Gasteiger charge is -2.21. The maximum Gasteiger partial charge on any atom is 0.472 e. The third kappa shape index (κ3) is 64.1. The zero-order valence-electron chi connectivity index (χ0n) is 60.2. The lowest BCUT2D eigenvalue weighted by molar-refractivity contribution is -0.161. The Labute approximate surface area is 562 Å². The molecule has 546 valence electrons. The van der Waals surface area contributed by atoms with Crippen molar-refractivity contribution in [3.63, 3.8) is 0 Å². The van der Waals surface area contributed by atoms with E-state index in [2.05, 4.69) is 55.4 Å². The van der Waals surface area contributed by atoms with Crippen LogP contribution in [0.25, 0.3) is 0 Å². The summed E-state index contributed by atoms with van der Waals surface area (Å²) in [6, 6.07) is 0. The molecule has 5 unspecified atom stereocenters. The van der Waals surface area contributed by atoms with Crippen molar-refractivity contribution in [2.75, 3.05) is 39.6 Å². The van der Waals surface area contributed by atoms with Crippen molar-refractivity contribution >= 4 is 39.5 Å². The van der Waals surface area contributed by atoms with Crippen LogP contribution in [0.4, 0.5) is 0 Å². The normalized spacial score (nSPS) is 14.8. The summed E-state index contributed by atoms with van der Waals surface area (Å²) in [6.07, 6.45) is 45.7. The number of hydrogen-bond donors (Lipinski definition) is 3. The van der Waals surface area contributed by atoms with E-state index >= 15 is 0 Å². The third-order valence-electron chi connectivity index (χ3n) is 17.5. The summed E-state index contributed by atoms with van der Waals surface area (Å²) in [6.45, 7) is 14.2. The predicted molar refractivity (Wildman–Crippen MR) is 372 cm³/mol. The van der Waals surface area contributed by atoms with Crippen LogP contribution < -0.4 is 0 Å². The van der Waals surface area contributed by atoms with Crippen molar-refractivity contribution in [1.29, 1.82) is 0 Å². The third-order valence-corrected chi connectivity index (χ3v) is 19.4. The van der Waals surface area contributed by atoms with Crippen LogP contribution >= 0.6 is 15.6 Å². The Balaban J connectivity index is 5.26. The number of unbranched alkanes of at least 4 members (excludes halogenated alkanes) is 34. The number of hydrogen-bond acceptors (Lipinski definition) is 15. The van der Waals surface area contributed by atoms with Gasteiger partial charge in [0.1, 0.15) is 19.3 Å². The Morgan fingerprint density at radius 2 is 0.522 bits per heavy atom. The van der Waals surface area contributed by atoms with E-state index < -0.39 is 97.5 Å². The molecule has 17 nitrogen and oxygen atoms in total. The number of aliphatic hydroxyl groups is 1. The molecule has 0 aromatic heterocycles. The first kappa shape index (κ1) is 90.1. The molecule has 92 heavy (non-hydrogen) atoms. The van der Waals surface area contributed by atoms with Crippen LogP contribution in [0, 0.1) is 23.7 Å². The highest BCUT2D eigenvalue weighted by atomic mass is 31.2. The van der Waals surface area contributed by atoms with Crippen molar-refractivity contribution in [3.8, 4) is 0 Å². The van der Waals surface area contributed by atoms with Crippen LogP contribution in [0.15, 0.2) is 0 Å². The van der Waals surface area contributed by atoms with Crippen molar-refractivity contribution in [1.82, 2.24) is 0 Å². The van der Waals surface area contributed by atoms with Crippen molar-refractivity contribution < 1.29 is 80.2 Å². The number of esters is 4. The van der Waals surface area contributed by atoms with E-state index in [1.165, 1.54) is 161 Å². The first-order chi connectivity index (χ1) is 44.2. The first-order valence-electron chi connectivity index (χ1n) is 37.8. The summed E-state index contributed by atoms with van der Waals surface area (Å²) >= 11 is 0. The quantitative estimate of drug-likeness (QED) is 0.0222. The molecule has 0 aliphatic heterocycles. The van der Waals surface area contributed by atoms with Gasteiger partial charge in [-0.25, -0.2) is 9.13 Å². The number of carbonyl (C=O) groups excluding carboxylic acids is 4. The number of aliphatic hydroxyl groups excluding tert-OH is 1. The van der Waals surface area contributed by atoms with Crippen LogP contribution in [-0.4, -0.2) is 96.7 Å². The summed E-state index contributed by atoms with van der Waals surface area (Å²) in [5.74, 6) is 0.946. The highest BCUT2D eigenvalue weighted by Crippen LogP contribution is 2.45. The fourth-order valence-corrected chi connectivity index (χ4v) is 12.5. The molecule has 0 aliphatic rings. The average molecular weight is 1350 g/mol. The van der Waals surface area contributed by atoms with Crippen molar-refractivity contribution in [2.24, 2.45) is 23.7 Å². The molecule has 0 radical (unpaired) electrons. The van der Waals surface area contributed by atoms with Gasteiger partial charge in [-0.05, 0) is 49.4 Å². The highest BCUT2D eigenvalue weighted by molar-refractivity contribution is 7.47. The number of carbonyl (C=O) groups is 4. The molecule has 0 aromatic carbocycles. The summed E-state index contributed by atoms with van der Waals surface area (Å²) in [7, 11) is -9.91. The second kappa shape index (κ2) is 62.6. The fourth-order valence-electron chi connectivity index (χ4n) is 11.0. The van der Waals surface area contributed by atoms with Gasteiger partial charge in [0.2, 0.25) is 0 Å². The van der Waals surface area contributed by atoms with E-state index in [0.29, 0.717) is 31.6 Å².